The number of alkyl carbamates (subject to hydrolysis) is 1. The van der Waals surface area contributed by atoms with Crippen molar-refractivity contribution in [2.45, 2.75) is 78.5 Å². The zero-order valence-electron chi connectivity index (χ0n) is 23.1. The maximum absolute atomic E-state index is 14.0. The van der Waals surface area contributed by atoms with Crippen molar-refractivity contribution < 1.29 is 28.7 Å². The smallest absolute Gasteiger partial charge is 0.408 e. The Hall–Kier alpha value is -3.54. The molecule has 2 atom stereocenters. The summed E-state index contributed by atoms with van der Waals surface area (Å²) in [5.74, 6) is 0.971. The molecule has 2 unspecified atom stereocenters. The topological polar surface area (TPSA) is 114 Å². The quantitative estimate of drug-likeness (QED) is 0.325. The standard InChI is InChI=1S/C28H41N3O6/c1-9-11-16-31(26(34)22(17-19(3)4)30-27(35)37-28(5,6)7)24(25(33)29-18-23(32)36-8)21-15-13-12-14-20(21)10-2/h2,12-15,19,22,24H,9,11,16-18H2,1,3-8H3,(H,29,33)(H,30,35). The number of hydrogen-bond donors (Lipinski definition) is 2. The van der Waals surface area contributed by atoms with Crippen molar-refractivity contribution in [3.63, 3.8) is 0 Å². The predicted octanol–water partition coefficient (Wildman–Crippen LogP) is 3.57. The van der Waals surface area contributed by atoms with Gasteiger partial charge in [0.2, 0.25) is 11.8 Å². The van der Waals surface area contributed by atoms with E-state index in [-0.39, 0.29) is 19.0 Å². The Morgan fingerprint density at radius 1 is 1.14 bits per heavy atom. The molecule has 0 saturated heterocycles. The van der Waals surface area contributed by atoms with Crippen molar-refractivity contribution in [1.29, 1.82) is 0 Å². The fourth-order valence-corrected chi connectivity index (χ4v) is 3.68. The first-order valence-electron chi connectivity index (χ1n) is 12.5. The highest BCUT2D eigenvalue weighted by atomic mass is 16.6. The van der Waals surface area contributed by atoms with Gasteiger partial charge in [-0.25, -0.2) is 4.79 Å². The van der Waals surface area contributed by atoms with Gasteiger partial charge in [0.1, 0.15) is 24.2 Å². The van der Waals surface area contributed by atoms with E-state index in [2.05, 4.69) is 21.3 Å². The molecular weight excluding hydrogens is 474 g/mol. The SMILES string of the molecule is C#Cc1ccccc1C(C(=O)NCC(=O)OC)N(CCCC)C(=O)C(CC(C)C)NC(=O)OC(C)(C)C. The number of methoxy groups -OCH3 is 1. The Kier molecular flexibility index (Phi) is 12.7. The van der Waals surface area contributed by atoms with Crippen LogP contribution in [-0.4, -0.2) is 60.6 Å². The first-order chi connectivity index (χ1) is 17.3. The highest BCUT2D eigenvalue weighted by Crippen LogP contribution is 2.27. The summed E-state index contributed by atoms with van der Waals surface area (Å²) in [5.41, 5.74) is 0.132. The van der Waals surface area contributed by atoms with Gasteiger partial charge in [-0.3, -0.25) is 14.4 Å². The average Bonchev–Trinajstić information content (AvgIpc) is 2.82. The second-order valence-corrected chi connectivity index (χ2v) is 10.1. The van der Waals surface area contributed by atoms with Crippen molar-refractivity contribution in [2.75, 3.05) is 20.2 Å². The summed E-state index contributed by atoms with van der Waals surface area (Å²) in [6.07, 6.45) is 6.69. The number of carbonyl (C=O) groups excluding carboxylic acids is 4. The van der Waals surface area contributed by atoms with E-state index < -0.39 is 41.6 Å². The molecule has 0 saturated carbocycles. The second-order valence-electron chi connectivity index (χ2n) is 10.1. The molecule has 0 fully saturated rings. The van der Waals surface area contributed by atoms with E-state index in [0.29, 0.717) is 24.0 Å². The van der Waals surface area contributed by atoms with Gasteiger partial charge in [0.05, 0.1) is 7.11 Å². The summed E-state index contributed by atoms with van der Waals surface area (Å²) < 4.78 is 10.0. The number of rotatable bonds is 12. The Morgan fingerprint density at radius 2 is 1.78 bits per heavy atom. The summed E-state index contributed by atoms with van der Waals surface area (Å²) in [5, 5.41) is 5.25. The van der Waals surface area contributed by atoms with Crippen LogP contribution in [0.5, 0.6) is 0 Å². The number of terminal acetylenes is 1. The van der Waals surface area contributed by atoms with Gasteiger partial charge >= 0.3 is 12.1 Å². The number of carbonyl (C=O) groups is 4. The highest BCUT2D eigenvalue weighted by molar-refractivity contribution is 5.93. The van der Waals surface area contributed by atoms with Crippen LogP contribution in [0.15, 0.2) is 24.3 Å². The monoisotopic (exact) mass is 515 g/mol. The number of nitrogens with zero attached hydrogens (tertiary/aromatic N) is 1. The molecule has 0 heterocycles. The van der Waals surface area contributed by atoms with Gasteiger partial charge in [0.25, 0.3) is 0 Å². The zero-order valence-corrected chi connectivity index (χ0v) is 23.1. The summed E-state index contributed by atoms with van der Waals surface area (Å²) in [4.78, 5) is 53.3. The molecule has 1 aromatic carbocycles. The van der Waals surface area contributed by atoms with Gasteiger partial charge in [-0.05, 0) is 51.2 Å². The van der Waals surface area contributed by atoms with Gasteiger partial charge < -0.3 is 25.0 Å². The lowest BCUT2D eigenvalue weighted by Gasteiger charge is -2.35. The van der Waals surface area contributed by atoms with Gasteiger partial charge in [0, 0.05) is 12.1 Å². The second kappa shape index (κ2) is 14.9. The van der Waals surface area contributed by atoms with Gasteiger partial charge in [-0.1, -0.05) is 51.3 Å². The van der Waals surface area contributed by atoms with E-state index in [4.69, 9.17) is 11.2 Å². The number of hydrogen-bond acceptors (Lipinski definition) is 6. The van der Waals surface area contributed by atoms with E-state index in [1.165, 1.54) is 12.0 Å². The molecule has 1 rings (SSSR count). The molecule has 0 aliphatic heterocycles. The van der Waals surface area contributed by atoms with Crippen molar-refractivity contribution in [2.24, 2.45) is 5.92 Å². The molecule has 37 heavy (non-hydrogen) atoms. The maximum Gasteiger partial charge on any atom is 0.408 e. The summed E-state index contributed by atoms with van der Waals surface area (Å²) >= 11 is 0. The molecule has 9 nitrogen and oxygen atoms in total. The molecule has 0 radical (unpaired) electrons. The van der Waals surface area contributed by atoms with Crippen molar-refractivity contribution in [3.8, 4) is 12.3 Å². The van der Waals surface area contributed by atoms with Crippen molar-refractivity contribution >= 4 is 23.9 Å². The van der Waals surface area contributed by atoms with E-state index in [9.17, 15) is 19.2 Å². The van der Waals surface area contributed by atoms with Crippen LogP contribution in [-0.2, 0) is 23.9 Å². The van der Waals surface area contributed by atoms with Crippen LogP contribution in [0.3, 0.4) is 0 Å². The largest absolute Gasteiger partial charge is 0.468 e. The number of amides is 3. The van der Waals surface area contributed by atoms with E-state index in [1.54, 1.807) is 45.0 Å². The minimum Gasteiger partial charge on any atom is -0.468 e. The van der Waals surface area contributed by atoms with Gasteiger partial charge in [-0.15, -0.1) is 6.42 Å². The molecule has 1 aromatic rings. The highest BCUT2D eigenvalue weighted by Gasteiger charge is 2.37. The van der Waals surface area contributed by atoms with Crippen LogP contribution >= 0.6 is 0 Å². The molecule has 0 bridgehead atoms. The zero-order chi connectivity index (χ0) is 28.2. The number of benzene rings is 1. The van der Waals surface area contributed by atoms with Crippen molar-refractivity contribution in [1.82, 2.24) is 15.5 Å². The van der Waals surface area contributed by atoms with Gasteiger partial charge in [0.15, 0.2) is 0 Å². The molecule has 204 valence electrons. The Labute approximate surface area is 220 Å². The van der Waals surface area contributed by atoms with Crippen molar-refractivity contribution in [3.05, 3.63) is 35.4 Å². The predicted molar refractivity (Wildman–Crippen MR) is 141 cm³/mol. The Morgan fingerprint density at radius 3 is 2.32 bits per heavy atom. The molecular formula is C28H41N3O6. The molecule has 0 aliphatic carbocycles. The lowest BCUT2D eigenvalue weighted by Crippen LogP contribution is -2.54. The number of unbranched alkanes of at least 4 members (excludes halogenated alkanes) is 1. The Bertz CT molecular complexity index is 977. The number of esters is 1. The first kappa shape index (κ1) is 31.5. The van der Waals surface area contributed by atoms with E-state index in [0.717, 1.165) is 6.42 Å². The van der Waals surface area contributed by atoms with Gasteiger partial charge in [-0.2, -0.15) is 0 Å². The molecule has 2 N–H and O–H groups in total. The third-order valence-electron chi connectivity index (χ3n) is 5.34. The lowest BCUT2D eigenvalue weighted by molar-refractivity contribution is -0.145. The van der Waals surface area contributed by atoms with Crippen LogP contribution in [0.1, 0.15) is 78.0 Å². The molecule has 3 amide bonds. The van der Waals surface area contributed by atoms with E-state index in [1.807, 2.05) is 20.8 Å². The normalized spacial score (nSPS) is 12.6. The summed E-state index contributed by atoms with van der Waals surface area (Å²) in [7, 11) is 1.22. The minimum atomic E-state index is -1.13. The van der Waals surface area contributed by atoms with Crippen LogP contribution in [0.25, 0.3) is 0 Å². The first-order valence-corrected chi connectivity index (χ1v) is 12.5. The number of ether oxygens (including phenoxy) is 2. The summed E-state index contributed by atoms with van der Waals surface area (Å²) in [6.45, 7) is 10.9. The number of nitrogens with one attached hydrogen (secondary N) is 2. The van der Waals surface area contributed by atoms with Crippen LogP contribution in [0.2, 0.25) is 0 Å². The Balaban J connectivity index is 3.55. The molecule has 0 aliphatic rings. The molecule has 0 spiro atoms. The lowest BCUT2D eigenvalue weighted by atomic mass is 9.96. The fraction of sp³-hybridized carbons (Fsp3) is 0.571. The van der Waals surface area contributed by atoms with Crippen LogP contribution in [0, 0.1) is 18.3 Å². The molecule has 9 heteroatoms. The average molecular weight is 516 g/mol. The van der Waals surface area contributed by atoms with Crippen LogP contribution in [0.4, 0.5) is 4.79 Å². The fourth-order valence-electron chi connectivity index (χ4n) is 3.68. The maximum atomic E-state index is 14.0. The van der Waals surface area contributed by atoms with E-state index >= 15 is 0 Å². The summed E-state index contributed by atoms with van der Waals surface area (Å²) in [6, 6.07) is 4.76. The van der Waals surface area contributed by atoms with Crippen LogP contribution < -0.4 is 10.6 Å². The third-order valence-corrected chi connectivity index (χ3v) is 5.34. The third kappa shape index (κ3) is 10.5. The molecule has 0 aromatic heterocycles. The minimum absolute atomic E-state index is 0.0570.